The molecule has 0 unspecified atom stereocenters. The average molecular weight is 405 g/mol. The maximum Gasteiger partial charge on any atom is 0.228 e. The van der Waals surface area contributed by atoms with Gasteiger partial charge in [-0.3, -0.25) is 9.79 Å². The van der Waals surface area contributed by atoms with Gasteiger partial charge in [0.05, 0.1) is 30.9 Å². The number of carbonyl (C=O) groups is 1. The number of hydrogen-bond acceptors (Lipinski definition) is 3. The number of hydrogen-bond donors (Lipinski definition) is 0. The highest BCUT2D eigenvalue weighted by Gasteiger charge is 2.34. The van der Waals surface area contributed by atoms with Crippen LogP contribution in [-0.4, -0.2) is 48.9 Å². The van der Waals surface area contributed by atoms with Crippen LogP contribution in [-0.2, 0) is 9.53 Å². The fourth-order valence-electron chi connectivity index (χ4n) is 4.01. The third-order valence-electron chi connectivity index (χ3n) is 5.54. The van der Waals surface area contributed by atoms with Crippen LogP contribution >= 0.6 is 0 Å². The molecule has 2 atom stereocenters. The Morgan fingerprint density at radius 2 is 1.57 bits per heavy atom. The molecule has 2 aromatic carbocycles. The van der Waals surface area contributed by atoms with Crippen molar-refractivity contribution in [2.24, 2.45) is 16.8 Å². The molecular weight excluding hydrogens is 372 g/mol. The van der Waals surface area contributed by atoms with Crippen LogP contribution in [0.5, 0.6) is 0 Å². The molecule has 2 aromatic rings. The van der Waals surface area contributed by atoms with Gasteiger partial charge in [-0.25, -0.2) is 0 Å². The molecule has 1 fully saturated rings. The maximum absolute atomic E-state index is 13.5. The van der Waals surface area contributed by atoms with Crippen LogP contribution in [0, 0.1) is 11.8 Å². The molecule has 1 saturated heterocycles. The first kappa shape index (κ1) is 22.0. The normalized spacial score (nSPS) is 16.0. The minimum Gasteiger partial charge on any atom is -0.378 e. The summed E-state index contributed by atoms with van der Waals surface area (Å²) < 4.78 is 5.44. The topological polar surface area (TPSA) is 41.9 Å². The predicted molar refractivity (Wildman–Crippen MR) is 123 cm³/mol. The smallest absolute Gasteiger partial charge is 0.228 e. The van der Waals surface area contributed by atoms with E-state index in [1.54, 1.807) is 0 Å². The van der Waals surface area contributed by atoms with E-state index in [0.29, 0.717) is 32.7 Å². The number of benzene rings is 2. The van der Waals surface area contributed by atoms with Crippen molar-refractivity contribution >= 4 is 11.6 Å². The molecule has 0 radical (unpaired) electrons. The molecule has 0 N–H and O–H groups in total. The molecule has 3 rings (SSSR count). The first-order valence-corrected chi connectivity index (χ1v) is 10.8. The zero-order chi connectivity index (χ0) is 21.3. The Hall–Kier alpha value is -2.72. The Balaban J connectivity index is 2.02. The standard InChI is InChI=1S/C26H32N2O2/c1-4-11-23(24(20(2)3)26(29)28-16-18-30-19-17-28)27-25(21-12-7-5-8-13-21)22-14-9-6-10-15-22/h4-10,12-15,20,23-24H,1,11,16-19H2,2-3H3/t23-,24+/m0/s1. The molecule has 1 amide bonds. The van der Waals surface area contributed by atoms with Crippen molar-refractivity contribution in [1.29, 1.82) is 0 Å². The van der Waals surface area contributed by atoms with Crippen LogP contribution in [0.2, 0.25) is 0 Å². The van der Waals surface area contributed by atoms with Crippen molar-refractivity contribution in [3.63, 3.8) is 0 Å². The maximum atomic E-state index is 13.5. The molecule has 0 aromatic heterocycles. The number of amides is 1. The second-order valence-electron chi connectivity index (χ2n) is 8.01. The molecule has 4 heteroatoms. The molecule has 0 aliphatic carbocycles. The van der Waals surface area contributed by atoms with Gasteiger partial charge in [0, 0.05) is 24.2 Å². The lowest BCUT2D eigenvalue weighted by atomic mass is 9.85. The van der Waals surface area contributed by atoms with Crippen molar-refractivity contribution in [2.75, 3.05) is 26.3 Å². The summed E-state index contributed by atoms with van der Waals surface area (Å²) in [4.78, 5) is 20.6. The SMILES string of the molecule is C=CC[C@H](N=C(c1ccccc1)c1ccccc1)[C@H](C(=O)N1CCOCC1)C(C)C. The van der Waals surface area contributed by atoms with Crippen molar-refractivity contribution in [3.05, 3.63) is 84.4 Å². The van der Waals surface area contributed by atoms with Crippen molar-refractivity contribution < 1.29 is 9.53 Å². The first-order chi connectivity index (χ1) is 14.6. The number of nitrogens with zero attached hydrogens (tertiary/aromatic N) is 2. The third-order valence-corrected chi connectivity index (χ3v) is 5.54. The fourth-order valence-corrected chi connectivity index (χ4v) is 4.01. The number of carbonyl (C=O) groups excluding carboxylic acids is 1. The van der Waals surface area contributed by atoms with Gasteiger partial charge in [0.25, 0.3) is 0 Å². The highest BCUT2D eigenvalue weighted by Crippen LogP contribution is 2.26. The lowest BCUT2D eigenvalue weighted by Gasteiger charge is -2.34. The summed E-state index contributed by atoms with van der Waals surface area (Å²) in [5, 5.41) is 0. The molecule has 1 aliphatic heterocycles. The van der Waals surface area contributed by atoms with Crippen LogP contribution < -0.4 is 0 Å². The molecule has 30 heavy (non-hydrogen) atoms. The second kappa shape index (κ2) is 10.9. The summed E-state index contributed by atoms with van der Waals surface area (Å²) in [5.74, 6) is 0.134. The highest BCUT2D eigenvalue weighted by atomic mass is 16.5. The van der Waals surface area contributed by atoms with Crippen LogP contribution in [0.25, 0.3) is 0 Å². The lowest BCUT2D eigenvalue weighted by Crippen LogP contribution is -2.47. The van der Waals surface area contributed by atoms with Gasteiger partial charge in [0.1, 0.15) is 0 Å². The van der Waals surface area contributed by atoms with Gasteiger partial charge in [0.15, 0.2) is 0 Å². The molecule has 4 nitrogen and oxygen atoms in total. The Labute approximate surface area is 180 Å². The zero-order valence-corrected chi connectivity index (χ0v) is 18.0. The summed E-state index contributed by atoms with van der Waals surface area (Å²) in [6.07, 6.45) is 2.53. The average Bonchev–Trinajstić information content (AvgIpc) is 2.79. The molecule has 0 bridgehead atoms. The summed E-state index contributed by atoms with van der Waals surface area (Å²) in [6.45, 7) is 10.7. The Bertz CT molecular complexity index is 798. The van der Waals surface area contributed by atoms with Gasteiger partial charge in [-0.05, 0) is 12.3 Å². The van der Waals surface area contributed by atoms with Gasteiger partial charge < -0.3 is 9.64 Å². The van der Waals surface area contributed by atoms with E-state index in [4.69, 9.17) is 9.73 Å². The molecule has 1 heterocycles. The number of aliphatic imine (C=N–C) groups is 1. The Morgan fingerprint density at radius 3 is 2.03 bits per heavy atom. The monoisotopic (exact) mass is 404 g/mol. The van der Waals surface area contributed by atoms with E-state index in [2.05, 4.69) is 44.7 Å². The molecule has 158 valence electrons. The van der Waals surface area contributed by atoms with Crippen LogP contribution in [0.3, 0.4) is 0 Å². The van der Waals surface area contributed by atoms with Crippen LogP contribution in [0.1, 0.15) is 31.4 Å². The van der Waals surface area contributed by atoms with E-state index < -0.39 is 0 Å². The minimum atomic E-state index is -0.205. The number of rotatable bonds is 8. The van der Waals surface area contributed by atoms with E-state index >= 15 is 0 Å². The lowest BCUT2D eigenvalue weighted by molar-refractivity contribution is -0.141. The quantitative estimate of drug-likeness (QED) is 0.477. The van der Waals surface area contributed by atoms with Crippen LogP contribution in [0.15, 0.2) is 78.3 Å². The second-order valence-corrected chi connectivity index (χ2v) is 8.01. The fraction of sp³-hybridized carbons (Fsp3) is 0.385. The number of ether oxygens (including phenoxy) is 1. The van der Waals surface area contributed by atoms with Gasteiger partial charge in [-0.1, -0.05) is 80.6 Å². The highest BCUT2D eigenvalue weighted by molar-refractivity contribution is 6.13. The summed E-state index contributed by atoms with van der Waals surface area (Å²) >= 11 is 0. The van der Waals surface area contributed by atoms with Crippen LogP contribution in [0.4, 0.5) is 0 Å². The van der Waals surface area contributed by atoms with E-state index in [-0.39, 0.29) is 23.8 Å². The largest absolute Gasteiger partial charge is 0.378 e. The molecule has 1 aliphatic rings. The molecule has 0 spiro atoms. The van der Waals surface area contributed by atoms with E-state index in [0.717, 1.165) is 16.8 Å². The van der Waals surface area contributed by atoms with Gasteiger partial charge >= 0.3 is 0 Å². The van der Waals surface area contributed by atoms with Crippen molar-refractivity contribution in [1.82, 2.24) is 4.90 Å². The zero-order valence-electron chi connectivity index (χ0n) is 18.0. The summed E-state index contributed by atoms with van der Waals surface area (Å²) in [5.41, 5.74) is 3.03. The first-order valence-electron chi connectivity index (χ1n) is 10.8. The summed E-state index contributed by atoms with van der Waals surface area (Å²) in [6, 6.07) is 20.2. The van der Waals surface area contributed by atoms with Crippen molar-refractivity contribution in [2.45, 2.75) is 26.3 Å². The molecule has 0 saturated carbocycles. The van der Waals surface area contributed by atoms with Gasteiger partial charge in [-0.2, -0.15) is 0 Å². The van der Waals surface area contributed by atoms with Crippen molar-refractivity contribution in [3.8, 4) is 0 Å². The van der Waals surface area contributed by atoms with E-state index in [1.807, 2.05) is 47.4 Å². The van der Waals surface area contributed by atoms with Gasteiger partial charge in [0.2, 0.25) is 5.91 Å². The number of morpholine rings is 1. The Kier molecular flexibility index (Phi) is 7.97. The van der Waals surface area contributed by atoms with E-state index in [9.17, 15) is 4.79 Å². The molecular formula is C26H32N2O2. The predicted octanol–water partition coefficient (Wildman–Crippen LogP) is 4.60. The third kappa shape index (κ3) is 5.45. The summed E-state index contributed by atoms with van der Waals surface area (Å²) in [7, 11) is 0. The Morgan fingerprint density at radius 1 is 1.03 bits per heavy atom. The minimum absolute atomic E-state index is 0.168. The van der Waals surface area contributed by atoms with Gasteiger partial charge in [-0.15, -0.1) is 6.58 Å². The van der Waals surface area contributed by atoms with E-state index in [1.165, 1.54) is 0 Å².